The third-order valence-electron chi connectivity index (χ3n) is 5.52. The van der Waals surface area contributed by atoms with Crippen LogP contribution in [0.3, 0.4) is 0 Å². The Kier molecular flexibility index (Phi) is 2.18. The lowest BCUT2D eigenvalue weighted by molar-refractivity contribution is -0.154. The van der Waals surface area contributed by atoms with Gasteiger partial charge >= 0.3 is 5.97 Å². The van der Waals surface area contributed by atoms with Crippen LogP contribution in [0.1, 0.15) is 47.0 Å². The number of esters is 1. The van der Waals surface area contributed by atoms with Gasteiger partial charge in [0, 0.05) is 24.2 Å². The minimum absolute atomic E-state index is 0.00944. The zero-order valence-corrected chi connectivity index (χ0v) is 10.6. The summed E-state index contributed by atoms with van der Waals surface area (Å²) in [5.74, 6) is 2.80. The molecule has 0 N–H and O–H groups in total. The van der Waals surface area contributed by atoms with Crippen molar-refractivity contribution in [1.82, 2.24) is 0 Å². The summed E-state index contributed by atoms with van der Waals surface area (Å²) in [6, 6.07) is 0. The largest absolute Gasteiger partial charge is 0.462 e. The van der Waals surface area contributed by atoms with Gasteiger partial charge in [0.25, 0.3) is 0 Å². The molecule has 2 aliphatic carbocycles. The molecule has 0 heterocycles. The molecule has 2 nitrogen and oxygen atoms in total. The summed E-state index contributed by atoms with van der Waals surface area (Å²) >= 11 is 0. The van der Waals surface area contributed by atoms with Gasteiger partial charge in [0.1, 0.15) is 6.10 Å². The average Bonchev–Trinajstić information content (AvgIpc) is 2.47. The molecule has 2 rings (SSSR count). The van der Waals surface area contributed by atoms with Crippen molar-refractivity contribution >= 4 is 5.97 Å². The van der Waals surface area contributed by atoms with E-state index in [1.807, 2.05) is 0 Å². The fourth-order valence-corrected chi connectivity index (χ4v) is 3.79. The van der Waals surface area contributed by atoms with Crippen LogP contribution in [0.2, 0.25) is 0 Å². The van der Waals surface area contributed by atoms with E-state index in [4.69, 9.17) is 11.2 Å². The Morgan fingerprint density at radius 1 is 1.38 bits per heavy atom. The summed E-state index contributed by atoms with van der Waals surface area (Å²) in [6.07, 6.45) is 8.68. The van der Waals surface area contributed by atoms with Crippen molar-refractivity contribution in [3.63, 3.8) is 0 Å². The van der Waals surface area contributed by atoms with Gasteiger partial charge < -0.3 is 4.74 Å². The highest BCUT2D eigenvalue weighted by Gasteiger charge is 2.70. The summed E-state index contributed by atoms with van der Waals surface area (Å²) in [4.78, 5) is 11.1. The fraction of sp³-hybridized carbons (Fsp3) is 0.786. The molecular formula is C14H20O2. The number of terminal acetylenes is 1. The second kappa shape index (κ2) is 3.03. The maximum Gasteiger partial charge on any atom is 0.302 e. The summed E-state index contributed by atoms with van der Waals surface area (Å²) in [5, 5.41) is 0. The molecule has 0 aromatic heterocycles. The molecule has 2 aliphatic rings. The van der Waals surface area contributed by atoms with Crippen molar-refractivity contribution in [2.24, 2.45) is 16.2 Å². The monoisotopic (exact) mass is 220 g/mol. The van der Waals surface area contributed by atoms with Crippen molar-refractivity contribution < 1.29 is 9.53 Å². The van der Waals surface area contributed by atoms with Gasteiger partial charge in [-0.3, -0.25) is 4.79 Å². The highest BCUT2D eigenvalue weighted by atomic mass is 16.5. The van der Waals surface area contributed by atoms with Gasteiger partial charge in [-0.1, -0.05) is 26.7 Å². The smallest absolute Gasteiger partial charge is 0.302 e. The number of carbonyl (C=O) groups is 1. The summed E-state index contributed by atoms with van der Waals surface area (Å²) in [6.45, 7) is 8.14. The van der Waals surface area contributed by atoms with Crippen LogP contribution >= 0.6 is 0 Å². The van der Waals surface area contributed by atoms with Crippen LogP contribution < -0.4 is 0 Å². The molecule has 0 radical (unpaired) electrons. The number of fused-ring (bicyclic) bond motifs is 2. The molecule has 2 heteroatoms. The van der Waals surface area contributed by atoms with Gasteiger partial charge in [0.2, 0.25) is 0 Å². The van der Waals surface area contributed by atoms with E-state index in [0.29, 0.717) is 0 Å². The Morgan fingerprint density at radius 3 is 2.44 bits per heavy atom. The Hall–Kier alpha value is -0.970. The number of rotatable bonds is 1. The molecule has 2 saturated carbocycles. The number of hydrogen-bond acceptors (Lipinski definition) is 2. The van der Waals surface area contributed by atoms with Crippen LogP contribution in [0.15, 0.2) is 0 Å². The summed E-state index contributed by atoms with van der Waals surface area (Å²) < 4.78 is 5.48. The standard InChI is InChI=1S/C14H20O2/c1-6-14-8-7-13(5,12(14,3)4)11(9-14)16-10(2)15/h1,11H,7-9H2,2-5H3. The molecule has 2 bridgehead atoms. The van der Waals surface area contributed by atoms with E-state index in [9.17, 15) is 4.79 Å². The zero-order chi connectivity index (χ0) is 12.2. The van der Waals surface area contributed by atoms with Gasteiger partial charge in [-0.05, 0) is 18.3 Å². The Morgan fingerprint density at radius 2 is 2.00 bits per heavy atom. The second-order valence-electron chi connectivity index (χ2n) is 6.07. The van der Waals surface area contributed by atoms with Crippen molar-refractivity contribution in [2.45, 2.75) is 53.1 Å². The average molecular weight is 220 g/mol. The molecule has 0 aromatic carbocycles. The molecular weight excluding hydrogens is 200 g/mol. The van der Waals surface area contributed by atoms with Gasteiger partial charge in [-0.2, -0.15) is 0 Å². The molecule has 0 saturated heterocycles. The van der Waals surface area contributed by atoms with E-state index in [0.717, 1.165) is 19.3 Å². The fourth-order valence-electron chi connectivity index (χ4n) is 3.79. The van der Waals surface area contributed by atoms with Crippen molar-refractivity contribution in [3.8, 4) is 12.3 Å². The first-order chi connectivity index (χ1) is 7.29. The van der Waals surface area contributed by atoms with Crippen molar-refractivity contribution in [2.75, 3.05) is 0 Å². The summed E-state index contributed by atoms with van der Waals surface area (Å²) in [5.41, 5.74) is 0.00176. The minimum atomic E-state index is -0.193. The Labute approximate surface area is 97.7 Å². The molecule has 0 aromatic rings. The van der Waals surface area contributed by atoms with Crippen LogP contribution in [-0.4, -0.2) is 12.1 Å². The highest BCUT2D eigenvalue weighted by molar-refractivity contribution is 5.66. The normalized spacial score (nSPS) is 44.1. The van der Waals surface area contributed by atoms with Gasteiger partial charge in [-0.25, -0.2) is 0 Å². The van der Waals surface area contributed by atoms with Crippen LogP contribution in [0.4, 0.5) is 0 Å². The predicted octanol–water partition coefficient (Wildman–Crippen LogP) is 2.77. The van der Waals surface area contributed by atoms with Crippen LogP contribution in [0, 0.1) is 28.6 Å². The number of ether oxygens (including phenoxy) is 1. The van der Waals surface area contributed by atoms with E-state index in [1.54, 1.807) is 0 Å². The first-order valence-corrected chi connectivity index (χ1v) is 5.94. The highest BCUT2D eigenvalue weighted by Crippen LogP contribution is 2.72. The molecule has 0 spiro atoms. The minimum Gasteiger partial charge on any atom is -0.462 e. The third kappa shape index (κ3) is 1.07. The Balaban J connectivity index is 2.39. The van der Waals surface area contributed by atoms with Gasteiger partial charge in [0.15, 0.2) is 0 Å². The van der Waals surface area contributed by atoms with Crippen LogP contribution in [0.25, 0.3) is 0 Å². The first kappa shape index (κ1) is 11.5. The zero-order valence-electron chi connectivity index (χ0n) is 10.6. The van der Waals surface area contributed by atoms with Gasteiger partial charge in [-0.15, -0.1) is 6.42 Å². The van der Waals surface area contributed by atoms with E-state index in [2.05, 4.69) is 26.7 Å². The van der Waals surface area contributed by atoms with Crippen molar-refractivity contribution in [3.05, 3.63) is 0 Å². The van der Waals surface area contributed by atoms with E-state index in [1.165, 1.54) is 6.92 Å². The molecule has 3 unspecified atom stereocenters. The van der Waals surface area contributed by atoms with E-state index in [-0.39, 0.29) is 28.3 Å². The van der Waals surface area contributed by atoms with Crippen LogP contribution in [-0.2, 0) is 9.53 Å². The maximum absolute atomic E-state index is 11.1. The van der Waals surface area contributed by atoms with E-state index < -0.39 is 0 Å². The number of hydrogen-bond donors (Lipinski definition) is 0. The molecule has 88 valence electrons. The predicted molar refractivity (Wildman–Crippen MR) is 62.6 cm³/mol. The molecule has 3 atom stereocenters. The quantitative estimate of drug-likeness (QED) is 0.501. The molecule has 0 amide bonds. The molecule has 2 fully saturated rings. The van der Waals surface area contributed by atoms with E-state index >= 15 is 0 Å². The Bertz CT molecular complexity index is 377. The van der Waals surface area contributed by atoms with Gasteiger partial charge in [0.05, 0.1) is 0 Å². The second-order valence-corrected chi connectivity index (χ2v) is 6.07. The van der Waals surface area contributed by atoms with Crippen molar-refractivity contribution in [1.29, 1.82) is 0 Å². The lowest BCUT2D eigenvalue weighted by Crippen LogP contribution is -2.38. The molecule has 16 heavy (non-hydrogen) atoms. The summed E-state index contributed by atoms with van der Waals surface area (Å²) in [7, 11) is 0. The van der Waals surface area contributed by atoms with Crippen LogP contribution in [0.5, 0.6) is 0 Å². The lowest BCUT2D eigenvalue weighted by atomic mass is 9.65. The third-order valence-corrected chi connectivity index (χ3v) is 5.52. The molecule has 0 aliphatic heterocycles. The topological polar surface area (TPSA) is 26.3 Å². The maximum atomic E-state index is 11.1. The lowest BCUT2D eigenvalue weighted by Gasteiger charge is -2.39. The first-order valence-electron chi connectivity index (χ1n) is 5.94. The number of carbonyl (C=O) groups excluding carboxylic acids is 1. The SMILES string of the molecule is C#CC12CCC(C)(C(OC(C)=O)C1)C2(C)C.